The van der Waals surface area contributed by atoms with Crippen molar-refractivity contribution in [3.63, 3.8) is 0 Å². The Morgan fingerprint density at radius 1 is 0.493 bits per heavy atom. The minimum absolute atomic E-state index is 0.187. The molecule has 0 saturated carbocycles. The van der Waals surface area contributed by atoms with Crippen LogP contribution < -0.4 is 14.2 Å². The number of aromatic carboxylic acids is 2. The Balaban J connectivity index is 0.000000252. The fraction of sp³-hybridized carbons (Fsp3) is 0.269. The van der Waals surface area contributed by atoms with E-state index in [0.29, 0.717) is 54.0 Å². The molecule has 0 saturated heterocycles. The van der Waals surface area contributed by atoms with Crippen LogP contribution in [0, 0.1) is 11.6 Å². The zero-order chi connectivity index (χ0) is 48.2. The van der Waals surface area contributed by atoms with Crippen LogP contribution in [0.2, 0.25) is 0 Å². The molecule has 15 heteroatoms. The van der Waals surface area contributed by atoms with Crippen molar-refractivity contribution < 1.29 is 50.2 Å². The smallest absolute Gasteiger partial charge is 0.335 e. The van der Waals surface area contributed by atoms with Gasteiger partial charge in [-0.15, -0.1) is 0 Å². The summed E-state index contributed by atoms with van der Waals surface area (Å²) >= 11 is 0. The SMILES string of the molecule is CCCCOc1ccc(S(=O)(=O)Nc2ccccc2CCCCCc2ccccc2C(=O)O)cc1.O=C(O)c1ccccc1CCCCCc1ccccc1NS(=O)(=O)c1c(F)cccc1F. The minimum Gasteiger partial charge on any atom is -0.494 e. The van der Waals surface area contributed by atoms with E-state index in [2.05, 4.69) is 16.4 Å². The van der Waals surface area contributed by atoms with Crippen LogP contribution in [0.5, 0.6) is 5.75 Å². The number of halogens is 2. The molecule has 0 spiro atoms. The fourth-order valence-corrected chi connectivity index (χ4v) is 9.71. The lowest BCUT2D eigenvalue weighted by molar-refractivity contribution is 0.0684. The van der Waals surface area contributed by atoms with Gasteiger partial charge in [0, 0.05) is 0 Å². The standard InChI is InChI=1S/C28H33NO5S.C24H23F2NO4S/c1-2-3-21-34-24-17-19-25(20-18-24)35(32,33)29-27-16-10-8-14-23(27)13-6-4-5-11-22-12-7-9-15-26(22)28(30)31;25-20-14-8-15-21(26)23(20)32(30,31)27-22-16-7-5-12-18(22)11-3-1-2-9-17-10-4-6-13-19(17)24(28)29/h7-10,12,14-20,29H,2-6,11,13,21H2,1H3,(H,30,31);4-8,10,12-16,27H,1-3,9,11H2,(H,28,29). The average molecular weight is 955 g/mol. The molecule has 0 fully saturated rings. The predicted molar refractivity (Wildman–Crippen MR) is 257 cm³/mol. The average Bonchev–Trinajstić information content (AvgIpc) is 3.30. The molecule has 354 valence electrons. The summed E-state index contributed by atoms with van der Waals surface area (Å²) in [5.74, 6) is -3.51. The van der Waals surface area contributed by atoms with Crippen LogP contribution in [-0.2, 0) is 45.7 Å². The monoisotopic (exact) mass is 954 g/mol. The molecule has 0 radical (unpaired) electrons. The van der Waals surface area contributed by atoms with E-state index < -0.39 is 48.5 Å². The molecule has 4 N–H and O–H groups in total. The molecule has 0 atom stereocenters. The van der Waals surface area contributed by atoms with E-state index in [-0.39, 0.29) is 10.6 Å². The molecule has 6 aromatic carbocycles. The van der Waals surface area contributed by atoms with Crippen LogP contribution in [0.3, 0.4) is 0 Å². The molecule has 0 amide bonds. The fourth-order valence-electron chi connectivity index (χ4n) is 7.37. The molecule has 11 nitrogen and oxygen atoms in total. The van der Waals surface area contributed by atoms with Gasteiger partial charge in [-0.05, 0) is 141 Å². The van der Waals surface area contributed by atoms with Crippen molar-refractivity contribution in [3.05, 3.63) is 185 Å². The number of aryl methyl sites for hydroxylation is 4. The van der Waals surface area contributed by atoms with Crippen molar-refractivity contribution in [2.75, 3.05) is 16.1 Å². The van der Waals surface area contributed by atoms with Gasteiger partial charge >= 0.3 is 11.9 Å². The molecule has 0 heterocycles. The van der Waals surface area contributed by atoms with Gasteiger partial charge in [0.1, 0.15) is 17.4 Å². The number of para-hydroxylation sites is 2. The summed E-state index contributed by atoms with van der Waals surface area (Å²) in [6, 6.07) is 37.5. The summed E-state index contributed by atoms with van der Waals surface area (Å²) in [5.41, 5.74) is 4.76. The summed E-state index contributed by atoms with van der Waals surface area (Å²) in [7, 11) is -8.16. The van der Waals surface area contributed by atoms with Crippen molar-refractivity contribution in [3.8, 4) is 5.75 Å². The lowest BCUT2D eigenvalue weighted by Crippen LogP contribution is -2.17. The van der Waals surface area contributed by atoms with Crippen molar-refractivity contribution in [1.29, 1.82) is 0 Å². The summed E-state index contributed by atoms with van der Waals surface area (Å²) in [4.78, 5) is 21.8. The normalized spacial score (nSPS) is 11.3. The zero-order valence-corrected chi connectivity index (χ0v) is 38.9. The highest BCUT2D eigenvalue weighted by Crippen LogP contribution is 2.27. The zero-order valence-electron chi connectivity index (χ0n) is 37.3. The topological polar surface area (TPSA) is 176 Å². The number of ether oxygens (including phenoxy) is 1. The van der Waals surface area contributed by atoms with Gasteiger partial charge in [0.2, 0.25) is 0 Å². The predicted octanol–water partition coefficient (Wildman–Crippen LogP) is 11.7. The third-order valence-electron chi connectivity index (χ3n) is 10.9. The molecule has 0 aliphatic rings. The van der Waals surface area contributed by atoms with Gasteiger partial charge in [-0.25, -0.2) is 35.2 Å². The van der Waals surface area contributed by atoms with Crippen molar-refractivity contribution in [2.45, 2.75) is 93.8 Å². The first-order valence-electron chi connectivity index (χ1n) is 22.2. The molecule has 6 aromatic rings. The van der Waals surface area contributed by atoms with Gasteiger partial charge < -0.3 is 14.9 Å². The van der Waals surface area contributed by atoms with Gasteiger partial charge in [0.05, 0.1) is 34.0 Å². The molecule has 0 aromatic heterocycles. The van der Waals surface area contributed by atoms with Crippen molar-refractivity contribution >= 4 is 43.4 Å². The number of benzene rings is 6. The second-order valence-corrected chi connectivity index (χ2v) is 19.1. The number of carboxylic acids is 2. The number of sulfonamides is 2. The first-order chi connectivity index (χ1) is 32.2. The Kier molecular flexibility index (Phi) is 19.5. The van der Waals surface area contributed by atoms with Gasteiger partial charge in [0.25, 0.3) is 20.0 Å². The molecule has 0 unspecified atom stereocenters. The highest BCUT2D eigenvalue weighted by molar-refractivity contribution is 7.93. The van der Waals surface area contributed by atoms with Crippen LogP contribution in [0.15, 0.2) is 149 Å². The number of carbonyl (C=O) groups is 2. The van der Waals surface area contributed by atoms with E-state index in [9.17, 15) is 45.4 Å². The van der Waals surface area contributed by atoms with Gasteiger partial charge in [-0.1, -0.05) is 105 Å². The Hall–Kier alpha value is -6.58. The van der Waals surface area contributed by atoms with Crippen molar-refractivity contribution in [2.24, 2.45) is 0 Å². The van der Waals surface area contributed by atoms with Crippen LogP contribution >= 0.6 is 0 Å². The summed E-state index contributed by atoms with van der Waals surface area (Å²) in [6.07, 6.45) is 9.57. The Morgan fingerprint density at radius 2 is 0.896 bits per heavy atom. The number of nitrogens with one attached hydrogen (secondary N) is 2. The van der Waals surface area contributed by atoms with Crippen LogP contribution in [0.1, 0.15) is 101 Å². The van der Waals surface area contributed by atoms with Crippen LogP contribution in [0.4, 0.5) is 20.2 Å². The summed E-state index contributed by atoms with van der Waals surface area (Å²) < 4.78 is 89.6. The first-order valence-corrected chi connectivity index (χ1v) is 25.2. The minimum atomic E-state index is -4.44. The van der Waals surface area contributed by atoms with Crippen LogP contribution in [-0.4, -0.2) is 45.6 Å². The Morgan fingerprint density at radius 3 is 1.34 bits per heavy atom. The van der Waals surface area contributed by atoms with E-state index in [4.69, 9.17) is 4.74 Å². The second-order valence-electron chi connectivity index (χ2n) is 15.8. The van der Waals surface area contributed by atoms with Gasteiger partial charge in [-0.3, -0.25) is 9.44 Å². The second kappa shape index (κ2) is 25.4. The van der Waals surface area contributed by atoms with E-state index in [1.165, 1.54) is 0 Å². The quantitative estimate of drug-likeness (QED) is 0.0430. The third-order valence-corrected chi connectivity index (χ3v) is 13.7. The summed E-state index contributed by atoms with van der Waals surface area (Å²) in [5, 5.41) is 18.6. The van der Waals surface area contributed by atoms with E-state index in [1.54, 1.807) is 84.9 Å². The maximum Gasteiger partial charge on any atom is 0.335 e. The third kappa shape index (κ3) is 15.5. The number of rotatable bonds is 24. The first kappa shape index (κ1) is 51.4. The largest absolute Gasteiger partial charge is 0.494 e. The molecular weight excluding hydrogens is 899 g/mol. The number of unbranched alkanes of at least 4 members (excludes halogenated alkanes) is 5. The molecule has 0 bridgehead atoms. The Labute approximate surface area is 392 Å². The van der Waals surface area contributed by atoms with Crippen LogP contribution in [0.25, 0.3) is 0 Å². The maximum atomic E-state index is 14.0. The molecular formula is C52H56F2N2O9S2. The van der Waals surface area contributed by atoms with E-state index in [0.717, 1.165) is 92.7 Å². The van der Waals surface area contributed by atoms with E-state index >= 15 is 0 Å². The number of carboxylic acid groups (broad SMARTS) is 2. The highest BCUT2D eigenvalue weighted by atomic mass is 32.2. The number of hydrogen-bond acceptors (Lipinski definition) is 7. The Bertz CT molecular complexity index is 2780. The number of anilines is 2. The van der Waals surface area contributed by atoms with Crippen molar-refractivity contribution in [1.82, 2.24) is 0 Å². The molecule has 6 rings (SSSR count). The van der Waals surface area contributed by atoms with E-state index in [1.807, 2.05) is 36.4 Å². The highest BCUT2D eigenvalue weighted by Gasteiger charge is 2.25. The molecule has 67 heavy (non-hydrogen) atoms. The van der Waals surface area contributed by atoms with Gasteiger partial charge in [0.15, 0.2) is 4.90 Å². The summed E-state index contributed by atoms with van der Waals surface area (Å²) in [6.45, 7) is 2.70. The molecule has 0 aliphatic heterocycles. The molecule has 0 aliphatic carbocycles. The lowest BCUT2D eigenvalue weighted by atomic mass is 9.99. The van der Waals surface area contributed by atoms with Gasteiger partial charge in [-0.2, -0.15) is 0 Å². The number of hydrogen-bond donors (Lipinski definition) is 4. The maximum absolute atomic E-state index is 14.0. The lowest BCUT2D eigenvalue weighted by Gasteiger charge is -2.13.